The molecule has 1 aliphatic heterocycles. The maximum Gasteiger partial charge on any atom is 0.246 e. The number of sulfonamides is 1. The molecule has 1 aliphatic rings. The number of anilines is 1. The molecule has 6 nitrogen and oxygen atoms in total. The zero-order chi connectivity index (χ0) is 21.3. The zero-order valence-corrected chi connectivity index (χ0v) is 18.2. The van der Waals surface area contributed by atoms with Crippen molar-refractivity contribution in [2.24, 2.45) is 5.92 Å². The molecule has 0 aliphatic carbocycles. The fraction of sp³-hybridized carbons (Fsp3) is 0.238. The third kappa shape index (κ3) is 4.16. The molecule has 0 bridgehead atoms. The molecule has 0 unspecified atom stereocenters. The van der Waals surface area contributed by atoms with Crippen molar-refractivity contribution in [2.45, 2.75) is 17.7 Å². The van der Waals surface area contributed by atoms with Crippen LogP contribution in [0.4, 0.5) is 5.69 Å². The Balaban J connectivity index is 1.43. The number of piperidine rings is 1. The number of hydrogen-bond acceptors (Lipinski definition) is 4. The average Bonchev–Trinajstić information content (AvgIpc) is 2.73. The number of benzene rings is 2. The monoisotopic (exact) mass is 463 g/mol. The number of aromatic nitrogens is 1. The van der Waals surface area contributed by atoms with E-state index in [-0.39, 0.29) is 39.9 Å². The second kappa shape index (κ2) is 8.51. The van der Waals surface area contributed by atoms with E-state index in [4.69, 9.17) is 23.2 Å². The first kappa shape index (κ1) is 21.1. The van der Waals surface area contributed by atoms with Crippen molar-refractivity contribution in [2.75, 3.05) is 18.4 Å². The van der Waals surface area contributed by atoms with Gasteiger partial charge in [0.1, 0.15) is 4.90 Å². The number of halogens is 2. The van der Waals surface area contributed by atoms with E-state index in [0.29, 0.717) is 18.5 Å². The van der Waals surface area contributed by atoms with Gasteiger partial charge in [0.25, 0.3) is 0 Å². The number of rotatable bonds is 4. The molecule has 3 aromatic rings. The molecule has 1 fully saturated rings. The highest BCUT2D eigenvalue weighted by Crippen LogP contribution is 2.33. The minimum Gasteiger partial charge on any atom is -0.324 e. The van der Waals surface area contributed by atoms with Crippen LogP contribution < -0.4 is 5.32 Å². The number of nitrogens with one attached hydrogen (secondary N) is 1. The number of fused-ring (bicyclic) bond motifs is 1. The topological polar surface area (TPSA) is 79.4 Å². The van der Waals surface area contributed by atoms with Gasteiger partial charge >= 0.3 is 0 Å². The lowest BCUT2D eigenvalue weighted by Gasteiger charge is -2.31. The van der Waals surface area contributed by atoms with E-state index in [1.54, 1.807) is 12.3 Å². The molecule has 30 heavy (non-hydrogen) atoms. The molecule has 1 saturated heterocycles. The Labute approximate surface area is 184 Å². The van der Waals surface area contributed by atoms with E-state index < -0.39 is 10.0 Å². The van der Waals surface area contributed by atoms with E-state index in [1.807, 2.05) is 30.3 Å². The van der Waals surface area contributed by atoms with Gasteiger partial charge in [-0.15, -0.1) is 0 Å². The van der Waals surface area contributed by atoms with Crippen LogP contribution in [0.25, 0.3) is 10.9 Å². The first-order chi connectivity index (χ1) is 14.4. The Hall–Kier alpha value is -2.19. The van der Waals surface area contributed by atoms with Crippen molar-refractivity contribution < 1.29 is 13.2 Å². The van der Waals surface area contributed by atoms with Crippen LogP contribution in [0.5, 0.6) is 0 Å². The molecule has 0 radical (unpaired) electrons. The van der Waals surface area contributed by atoms with Crippen LogP contribution in [0.1, 0.15) is 12.8 Å². The number of hydrogen-bond donors (Lipinski definition) is 1. The summed E-state index contributed by atoms with van der Waals surface area (Å²) in [5.41, 5.74) is 1.48. The molecular formula is C21H19Cl2N3O3S. The number of carbonyl (C=O) groups is 1. The van der Waals surface area contributed by atoms with Gasteiger partial charge in [0.05, 0.1) is 27.4 Å². The largest absolute Gasteiger partial charge is 0.324 e. The summed E-state index contributed by atoms with van der Waals surface area (Å²) in [5, 5.41) is 4.01. The summed E-state index contributed by atoms with van der Waals surface area (Å²) in [7, 11) is -3.83. The molecule has 1 aromatic heterocycles. The van der Waals surface area contributed by atoms with Crippen LogP contribution in [0.15, 0.2) is 59.6 Å². The van der Waals surface area contributed by atoms with Crippen molar-refractivity contribution in [3.8, 4) is 0 Å². The van der Waals surface area contributed by atoms with Crippen LogP contribution >= 0.6 is 23.2 Å². The van der Waals surface area contributed by atoms with Gasteiger partial charge in [-0.1, -0.05) is 47.5 Å². The van der Waals surface area contributed by atoms with E-state index in [2.05, 4.69) is 10.3 Å². The van der Waals surface area contributed by atoms with E-state index >= 15 is 0 Å². The van der Waals surface area contributed by atoms with E-state index in [0.717, 1.165) is 10.9 Å². The molecule has 1 amide bonds. The van der Waals surface area contributed by atoms with Crippen molar-refractivity contribution in [1.82, 2.24) is 9.29 Å². The lowest BCUT2D eigenvalue weighted by Crippen LogP contribution is -2.41. The molecule has 1 N–H and O–H groups in total. The van der Waals surface area contributed by atoms with Crippen LogP contribution in [-0.2, 0) is 14.8 Å². The van der Waals surface area contributed by atoms with Gasteiger partial charge in [-0.25, -0.2) is 8.42 Å². The number of para-hydroxylation sites is 1. The highest BCUT2D eigenvalue weighted by Gasteiger charge is 2.34. The van der Waals surface area contributed by atoms with Gasteiger partial charge in [0.2, 0.25) is 15.9 Å². The van der Waals surface area contributed by atoms with Gasteiger partial charge < -0.3 is 5.32 Å². The van der Waals surface area contributed by atoms with Crippen LogP contribution in [0, 0.1) is 5.92 Å². The first-order valence-electron chi connectivity index (χ1n) is 9.46. The normalized spacial score (nSPS) is 15.9. The molecule has 156 valence electrons. The number of pyridine rings is 1. The Morgan fingerprint density at radius 1 is 1.03 bits per heavy atom. The smallest absolute Gasteiger partial charge is 0.246 e. The third-order valence-electron chi connectivity index (χ3n) is 5.20. The van der Waals surface area contributed by atoms with Crippen LogP contribution in [-0.4, -0.2) is 36.7 Å². The van der Waals surface area contributed by atoms with Gasteiger partial charge in [-0.2, -0.15) is 4.31 Å². The van der Waals surface area contributed by atoms with Crippen molar-refractivity contribution in [1.29, 1.82) is 0 Å². The summed E-state index contributed by atoms with van der Waals surface area (Å²) in [5.74, 6) is -0.426. The maximum atomic E-state index is 13.0. The highest BCUT2D eigenvalue weighted by atomic mass is 35.5. The molecule has 2 aromatic carbocycles. The standard InChI is InChI=1S/C21H19Cl2N3O3S/c22-17-5-3-6-18(23)20(17)30(28,29)26-10-8-14(9-11-26)21(27)25-16-12-15-4-1-2-7-19(15)24-13-16/h1-7,12-14H,8-11H2,(H,25,27). The maximum absolute atomic E-state index is 13.0. The van der Waals surface area contributed by atoms with Crippen LogP contribution in [0.2, 0.25) is 10.0 Å². The Kier molecular flexibility index (Phi) is 5.97. The lowest BCUT2D eigenvalue weighted by molar-refractivity contribution is -0.120. The van der Waals surface area contributed by atoms with Gasteiger partial charge in [-0.05, 0) is 37.1 Å². The summed E-state index contributed by atoms with van der Waals surface area (Å²) in [6, 6.07) is 14.1. The van der Waals surface area contributed by atoms with Gasteiger partial charge in [0, 0.05) is 24.4 Å². The summed E-state index contributed by atoms with van der Waals surface area (Å²) in [6.07, 6.45) is 2.45. The molecule has 0 saturated carbocycles. The number of amides is 1. The molecule has 4 rings (SSSR count). The summed E-state index contributed by atoms with van der Waals surface area (Å²) >= 11 is 12.2. The fourth-order valence-electron chi connectivity index (χ4n) is 3.60. The highest BCUT2D eigenvalue weighted by molar-refractivity contribution is 7.89. The number of nitrogens with zero attached hydrogens (tertiary/aromatic N) is 2. The van der Waals surface area contributed by atoms with Crippen LogP contribution in [0.3, 0.4) is 0 Å². The lowest BCUT2D eigenvalue weighted by atomic mass is 9.97. The predicted octanol–water partition coefficient (Wildman–Crippen LogP) is 4.58. The quantitative estimate of drug-likeness (QED) is 0.613. The van der Waals surface area contributed by atoms with Crippen molar-refractivity contribution in [3.05, 3.63) is 64.8 Å². The Morgan fingerprint density at radius 3 is 2.40 bits per heavy atom. The second-order valence-corrected chi connectivity index (χ2v) is 9.82. The van der Waals surface area contributed by atoms with Gasteiger partial charge in [-0.3, -0.25) is 9.78 Å². The molecule has 0 atom stereocenters. The summed E-state index contributed by atoms with van der Waals surface area (Å²) < 4.78 is 27.3. The molecule has 2 heterocycles. The summed E-state index contributed by atoms with van der Waals surface area (Å²) in [4.78, 5) is 17.0. The molecular weight excluding hydrogens is 445 g/mol. The minimum absolute atomic E-state index is 0.0847. The summed E-state index contributed by atoms with van der Waals surface area (Å²) in [6.45, 7) is 0.440. The SMILES string of the molecule is O=C(Nc1cnc2ccccc2c1)C1CCN(S(=O)(=O)c2c(Cl)cccc2Cl)CC1. The fourth-order valence-corrected chi connectivity index (χ4v) is 6.16. The van der Waals surface area contributed by atoms with Crippen molar-refractivity contribution >= 4 is 55.7 Å². The average molecular weight is 464 g/mol. The van der Waals surface area contributed by atoms with E-state index in [9.17, 15) is 13.2 Å². The zero-order valence-electron chi connectivity index (χ0n) is 15.9. The van der Waals surface area contributed by atoms with Gasteiger partial charge in [0.15, 0.2) is 0 Å². The number of carbonyl (C=O) groups excluding carboxylic acids is 1. The predicted molar refractivity (Wildman–Crippen MR) is 118 cm³/mol. The minimum atomic E-state index is -3.83. The second-order valence-electron chi connectivity index (χ2n) is 7.14. The first-order valence-corrected chi connectivity index (χ1v) is 11.7. The van der Waals surface area contributed by atoms with E-state index in [1.165, 1.54) is 16.4 Å². The van der Waals surface area contributed by atoms with Crippen molar-refractivity contribution in [3.63, 3.8) is 0 Å². The Morgan fingerprint density at radius 2 is 1.70 bits per heavy atom. The molecule has 9 heteroatoms. The third-order valence-corrected chi connectivity index (χ3v) is 8.05. The Bertz CT molecular complexity index is 1190. The molecule has 0 spiro atoms.